The molecule has 188 valence electrons. The Labute approximate surface area is 202 Å². The third-order valence-corrected chi connectivity index (χ3v) is 13.9. The van der Waals surface area contributed by atoms with Gasteiger partial charge in [0.15, 0.2) is 5.78 Å². The lowest BCUT2D eigenvalue weighted by Crippen LogP contribution is -2.69. The Balaban J connectivity index is 1.55. The molecule has 0 unspecified atom stereocenters. The summed E-state index contributed by atoms with van der Waals surface area (Å²) in [7, 11) is 0. The number of aliphatic hydroxyl groups excluding tert-OH is 2. The maximum atomic E-state index is 12.8. The molecule has 0 aromatic carbocycles. The van der Waals surface area contributed by atoms with Crippen LogP contribution in [-0.2, 0) is 4.79 Å². The van der Waals surface area contributed by atoms with E-state index in [0.717, 1.165) is 19.3 Å². The van der Waals surface area contributed by atoms with E-state index < -0.39 is 6.10 Å². The number of rotatable bonds is 0. The van der Waals surface area contributed by atoms with Crippen LogP contribution in [0.2, 0.25) is 0 Å². The van der Waals surface area contributed by atoms with Crippen molar-refractivity contribution in [2.24, 2.45) is 56.2 Å². The largest absolute Gasteiger partial charge is 0.393 e. The molecule has 0 aromatic rings. The van der Waals surface area contributed by atoms with Crippen molar-refractivity contribution in [1.82, 2.24) is 0 Å². The fourth-order valence-electron chi connectivity index (χ4n) is 11.2. The highest BCUT2D eigenvalue weighted by molar-refractivity contribution is 5.86. The van der Waals surface area contributed by atoms with Gasteiger partial charge in [-0.15, -0.1) is 0 Å². The minimum Gasteiger partial charge on any atom is -0.393 e. The Bertz CT molecular complexity index is 849. The van der Waals surface area contributed by atoms with Crippen molar-refractivity contribution in [3.8, 4) is 0 Å². The summed E-state index contributed by atoms with van der Waals surface area (Å²) in [5.74, 6) is 1.76. The van der Waals surface area contributed by atoms with Crippen molar-refractivity contribution in [2.75, 3.05) is 0 Å². The summed E-state index contributed by atoms with van der Waals surface area (Å²) in [6, 6.07) is 0. The average Bonchev–Trinajstić information content (AvgIpc) is 2.72. The first-order valence-corrected chi connectivity index (χ1v) is 14.0. The third-order valence-electron chi connectivity index (χ3n) is 13.9. The molecule has 0 spiro atoms. The minimum absolute atomic E-state index is 0.0133. The standard InChI is InChI=1S/C30H50O3/c1-18-24(33)19(31)15-21-27(18,5)10-9-20-28(21,6)12-14-30(8)22-16-25(2,3)23(32)17-26(22,4)11-13-29(20,30)7/h18-23,31-32H,9-17H2,1-8H3/t18-,19-,20-,21+,22+,23+,26-,27+,28+,29+,30-/m0/s1. The summed E-state index contributed by atoms with van der Waals surface area (Å²) in [5.41, 5.74) is 0.993. The summed E-state index contributed by atoms with van der Waals surface area (Å²) in [6.45, 7) is 19.3. The van der Waals surface area contributed by atoms with Gasteiger partial charge in [0.2, 0.25) is 0 Å². The molecule has 0 amide bonds. The van der Waals surface area contributed by atoms with E-state index in [4.69, 9.17) is 0 Å². The lowest BCUT2D eigenvalue weighted by Gasteiger charge is -2.75. The number of hydrogen-bond donors (Lipinski definition) is 2. The summed E-state index contributed by atoms with van der Waals surface area (Å²) in [5, 5.41) is 21.7. The second kappa shape index (κ2) is 6.87. The minimum atomic E-state index is -0.773. The fourth-order valence-corrected chi connectivity index (χ4v) is 11.2. The van der Waals surface area contributed by atoms with Gasteiger partial charge in [-0.3, -0.25) is 4.79 Å². The molecule has 0 radical (unpaired) electrons. The van der Waals surface area contributed by atoms with Crippen LogP contribution >= 0.6 is 0 Å². The maximum absolute atomic E-state index is 12.8. The van der Waals surface area contributed by atoms with Gasteiger partial charge in [-0.05, 0) is 108 Å². The monoisotopic (exact) mass is 458 g/mol. The fraction of sp³-hybridized carbons (Fsp3) is 0.967. The molecule has 0 bridgehead atoms. The maximum Gasteiger partial charge on any atom is 0.164 e. The molecule has 3 heteroatoms. The number of fused-ring (bicyclic) bond motifs is 7. The van der Waals surface area contributed by atoms with Crippen LogP contribution < -0.4 is 0 Å². The summed E-state index contributed by atoms with van der Waals surface area (Å²) >= 11 is 0. The van der Waals surface area contributed by atoms with E-state index >= 15 is 0 Å². The Morgan fingerprint density at radius 1 is 0.727 bits per heavy atom. The first kappa shape index (κ1) is 24.3. The van der Waals surface area contributed by atoms with Gasteiger partial charge >= 0.3 is 0 Å². The molecule has 5 aliphatic carbocycles. The summed E-state index contributed by atoms with van der Waals surface area (Å²) in [6.07, 6.45) is 9.06. The van der Waals surface area contributed by atoms with Crippen LogP contribution in [0.15, 0.2) is 0 Å². The quantitative estimate of drug-likeness (QED) is 0.442. The number of carbonyl (C=O) groups excluding carboxylic acids is 1. The van der Waals surface area contributed by atoms with Gasteiger partial charge in [0.1, 0.15) is 6.10 Å². The highest BCUT2D eigenvalue weighted by Crippen LogP contribution is 2.78. The molecule has 2 N–H and O–H groups in total. The van der Waals surface area contributed by atoms with Crippen molar-refractivity contribution in [3.05, 3.63) is 0 Å². The smallest absolute Gasteiger partial charge is 0.164 e. The van der Waals surface area contributed by atoms with Crippen molar-refractivity contribution >= 4 is 5.78 Å². The van der Waals surface area contributed by atoms with Crippen LogP contribution in [0.4, 0.5) is 0 Å². The van der Waals surface area contributed by atoms with Crippen LogP contribution in [0, 0.1) is 56.2 Å². The van der Waals surface area contributed by atoms with Gasteiger partial charge in [-0.25, -0.2) is 0 Å². The average molecular weight is 459 g/mol. The summed E-state index contributed by atoms with van der Waals surface area (Å²) < 4.78 is 0. The van der Waals surface area contributed by atoms with Gasteiger partial charge in [-0.1, -0.05) is 55.4 Å². The molecule has 33 heavy (non-hydrogen) atoms. The second-order valence-electron chi connectivity index (χ2n) is 15.5. The van der Waals surface area contributed by atoms with Crippen molar-refractivity contribution in [2.45, 2.75) is 125 Å². The topological polar surface area (TPSA) is 57.5 Å². The van der Waals surface area contributed by atoms with Crippen LogP contribution in [0.25, 0.3) is 0 Å². The van der Waals surface area contributed by atoms with Gasteiger partial charge in [0.05, 0.1) is 6.10 Å². The molecule has 5 rings (SSSR count). The molecule has 0 heterocycles. The van der Waals surface area contributed by atoms with E-state index in [1.807, 2.05) is 0 Å². The first-order chi connectivity index (χ1) is 15.1. The Morgan fingerprint density at radius 3 is 2.00 bits per heavy atom. The third kappa shape index (κ3) is 2.85. The van der Waals surface area contributed by atoms with E-state index in [2.05, 4.69) is 55.4 Å². The van der Waals surface area contributed by atoms with Crippen molar-refractivity contribution in [3.63, 3.8) is 0 Å². The summed E-state index contributed by atoms with van der Waals surface area (Å²) in [4.78, 5) is 12.8. The molecule has 5 saturated carbocycles. The van der Waals surface area contributed by atoms with Crippen molar-refractivity contribution < 1.29 is 15.0 Å². The number of ketones is 1. The zero-order valence-electron chi connectivity index (χ0n) is 22.6. The van der Waals surface area contributed by atoms with E-state index in [0.29, 0.717) is 24.2 Å². The van der Waals surface area contributed by atoms with Crippen LogP contribution in [0.3, 0.4) is 0 Å². The predicted molar refractivity (Wildman–Crippen MR) is 133 cm³/mol. The second-order valence-corrected chi connectivity index (χ2v) is 15.5. The molecule has 3 nitrogen and oxygen atoms in total. The predicted octanol–water partition coefficient (Wildman–Crippen LogP) is 6.40. The Hall–Kier alpha value is -0.410. The zero-order valence-corrected chi connectivity index (χ0v) is 22.6. The normalized spacial score (nSPS) is 60.2. The Kier molecular flexibility index (Phi) is 5.06. The van der Waals surface area contributed by atoms with Gasteiger partial charge in [0, 0.05) is 5.92 Å². The van der Waals surface area contributed by atoms with E-state index in [9.17, 15) is 15.0 Å². The molecular weight excluding hydrogens is 408 g/mol. The van der Waals surface area contributed by atoms with Crippen LogP contribution in [0.5, 0.6) is 0 Å². The highest BCUT2D eigenvalue weighted by atomic mass is 16.3. The number of Topliss-reactive ketones (excluding diaryl/α,β-unsaturated/α-hetero) is 1. The molecule has 5 fully saturated rings. The van der Waals surface area contributed by atoms with E-state index in [1.54, 1.807) is 0 Å². The molecular formula is C30H50O3. The molecule has 0 saturated heterocycles. The molecule has 0 aliphatic heterocycles. The van der Waals surface area contributed by atoms with Crippen molar-refractivity contribution in [1.29, 1.82) is 0 Å². The van der Waals surface area contributed by atoms with Crippen LogP contribution in [0.1, 0.15) is 113 Å². The van der Waals surface area contributed by atoms with E-state index in [1.165, 1.54) is 32.1 Å². The lowest BCUT2D eigenvalue weighted by molar-refractivity contribution is -0.266. The van der Waals surface area contributed by atoms with Gasteiger partial charge < -0.3 is 10.2 Å². The lowest BCUT2D eigenvalue weighted by atomic mass is 9.30. The highest BCUT2D eigenvalue weighted by Gasteiger charge is 2.71. The SMILES string of the molecule is C[C@H]1C(=O)[C@@H](O)C[C@@H]2[C@]1(C)CC[C@H]1[C@@]2(C)CC[C@@]2(C)[C@@H]3CC(C)(C)[C@H](O)C[C@]3(C)CC[C@]12C. The number of aliphatic hydroxyl groups is 2. The Morgan fingerprint density at radius 2 is 1.33 bits per heavy atom. The first-order valence-electron chi connectivity index (χ1n) is 14.0. The molecule has 5 aliphatic rings. The van der Waals surface area contributed by atoms with Gasteiger partial charge in [0.25, 0.3) is 0 Å². The van der Waals surface area contributed by atoms with Crippen LogP contribution in [-0.4, -0.2) is 28.2 Å². The molecule has 11 atom stereocenters. The number of carbonyl (C=O) groups is 1. The van der Waals surface area contributed by atoms with E-state index in [-0.39, 0.29) is 50.3 Å². The number of hydrogen-bond acceptors (Lipinski definition) is 3. The molecule has 0 aromatic heterocycles. The zero-order chi connectivity index (χ0) is 24.4. The van der Waals surface area contributed by atoms with Gasteiger partial charge in [-0.2, -0.15) is 0 Å².